The Hall–Kier alpha value is -0.570. The molecule has 2 rings (SSSR count). The molecule has 0 spiro atoms. The van der Waals surface area contributed by atoms with Crippen LogP contribution in [0.4, 0.5) is 0 Å². The Bertz CT molecular complexity index is 261. The Morgan fingerprint density at radius 2 is 1.88 bits per heavy atom. The third-order valence-electron chi connectivity index (χ3n) is 4.41. The van der Waals surface area contributed by atoms with Gasteiger partial charge in [0.15, 0.2) is 0 Å². The first-order chi connectivity index (χ1) is 8.16. The van der Waals surface area contributed by atoms with Gasteiger partial charge in [-0.3, -0.25) is 4.79 Å². The molecule has 3 heteroatoms. The van der Waals surface area contributed by atoms with Crippen LogP contribution in [-0.4, -0.2) is 24.0 Å². The number of nitrogens with one attached hydrogen (secondary N) is 2. The number of rotatable bonds is 3. The van der Waals surface area contributed by atoms with Crippen LogP contribution in [0, 0.1) is 5.92 Å². The highest BCUT2D eigenvalue weighted by Crippen LogP contribution is 2.27. The number of hydrogen-bond acceptors (Lipinski definition) is 2. The molecule has 2 fully saturated rings. The van der Waals surface area contributed by atoms with Gasteiger partial charge in [0.1, 0.15) is 0 Å². The van der Waals surface area contributed by atoms with E-state index in [9.17, 15) is 4.79 Å². The van der Waals surface area contributed by atoms with E-state index in [0.29, 0.717) is 18.0 Å². The zero-order valence-electron chi connectivity index (χ0n) is 11.2. The summed E-state index contributed by atoms with van der Waals surface area (Å²) in [5.74, 6) is 0.927. The zero-order valence-corrected chi connectivity index (χ0v) is 11.2. The van der Waals surface area contributed by atoms with Crippen molar-refractivity contribution in [2.75, 3.05) is 0 Å². The molecule has 0 aromatic rings. The first-order valence-electron chi connectivity index (χ1n) is 7.23. The largest absolute Gasteiger partial charge is 0.352 e. The van der Waals surface area contributed by atoms with Gasteiger partial charge >= 0.3 is 0 Å². The first-order valence-corrected chi connectivity index (χ1v) is 7.23. The molecule has 0 bridgehead atoms. The predicted molar refractivity (Wildman–Crippen MR) is 69.8 cm³/mol. The molecule has 1 heterocycles. The molecule has 1 aliphatic heterocycles. The van der Waals surface area contributed by atoms with Crippen molar-refractivity contribution in [1.29, 1.82) is 0 Å². The number of carbonyl (C=O) groups excluding carboxylic acids is 1. The Kier molecular flexibility index (Phi) is 4.43. The summed E-state index contributed by atoms with van der Waals surface area (Å²) in [6.07, 6.45) is 8.61. The number of amides is 1. The highest BCUT2D eigenvalue weighted by Gasteiger charge is 2.28. The molecule has 17 heavy (non-hydrogen) atoms. The normalized spacial score (nSPS) is 32.4. The van der Waals surface area contributed by atoms with Crippen molar-refractivity contribution >= 4 is 5.91 Å². The molecular formula is C14H26N2O. The highest BCUT2D eigenvalue weighted by atomic mass is 16.2. The van der Waals surface area contributed by atoms with Gasteiger partial charge in [0.2, 0.25) is 5.91 Å². The summed E-state index contributed by atoms with van der Waals surface area (Å²) < 4.78 is 0. The molecule has 3 atom stereocenters. The van der Waals surface area contributed by atoms with Crippen molar-refractivity contribution in [3.8, 4) is 0 Å². The van der Waals surface area contributed by atoms with Crippen LogP contribution >= 0.6 is 0 Å². The monoisotopic (exact) mass is 238 g/mol. The summed E-state index contributed by atoms with van der Waals surface area (Å²) in [5.41, 5.74) is 0. The van der Waals surface area contributed by atoms with Gasteiger partial charge in [-0.2, -0.15) is 0 Å². The van der Waals surface area contributed by atoms with Crippen LogP contribution in [0.3, 0.4) is 0 Å². The van der Waals surface area contributed by atoms with E-state index in [1.54, 1.807) is 0 Å². The van der Waals surface area contributed by atoms with E-state index in [4.69, 9.17) is 0 Å². The van der Waals surface area contributed by atoms with Crippen molar-refractivity contribution in [2.24, 2.45) is 5.92 Å². The minimum Gasteiger partial charge on any atom is -0.352 e. The molecule has 2 N–H and O–H groups in total. The fourth-order valence-corrected chi connectivity index (χ4v) is 3.25. The quantitative estimate of drug-likeness (QED) is 0.791. The van der Waals surface area contributed by atoms with Gasteiger partial charge in [-0.05, 0) is 51.9 Å². The minimum absolute atomic E-state index is 0.0441. The van der Waals surface area contributed by atoms with Crippen LogP contribution in [0.15, 0.2) is 0 Å². The summed E-state index contributed by atoms with van der Waals surface area (Å²) in [6.45, 7) is 4.33. The second kappa shape index (κ2) is 5.85. The average molecular weight is 238 g/mol. The van der Waals surface area contributed by atoms with E-state index in [1.807, 2.05) is 0 Å². The smallest absolute Gasteiger partial charge is 0.237 e. The zero-order chi connectivity index (χ0) is 12.3. The lowest BCUT2D eigenvalue weighted by atomic mass is 9.96. The number of carbonyl (C=O) groups is 1. The molecule has 3 nitrogen and oxygen atoms in total. The Morgan fingerprint density at radius 1 is 1.18 bits per heavy atom. The van der Waals surface area contributed by atoms with E-state index < -0.39 is 0 Å². The van der Waals surface area contributed by atoms with E-state index >= 15 is 0 Å². The van der Waals surface area contributed by atoms with Gasteiger partial charge in [-0.15, -0.1) is 0 Å². The second-order valence-corrected chi connectivity index (χ2v) is 5.89. The second-order valence-electron chi connectivity index (χ2n) is 5.89. The van der Waals surface area contributed by atoms with Gasteiger partial charge in [0.25, 0.3) is 0 Å². The molecule has 0 radical (unpaired) electrons. The lowest BCUT2D eigenvalue weighted by Crippen LogP contribution is -2.52. The maximum atomic E-state index is 12.1. The van der Waals surface area contributed by atoms with Gasteiger partial charge in [0, 0.05) is 12.1 Å². The standard InChI is InChI=1S/C14H26N2O/c1-10-6-5-9-13(15-10)14(17)16-11(2)12-7-3-4-8-12/h10-13,15H,3-9H2,1-2H3,(H,16,17). The van der Waals surface area contributed by atoms with E-state index in [-0.39, 0.29) is 11.9 Å². The third-order valence-corrected chi connectivity index (χ3v) is 4.41. The molecule has 3 unspecified atom stereocenters. The SMILES string of the molecule is CC1CCCC(C(=O)NC(C)C2CCCC2)N1. The molecule has 98 valence electrons. The van der Waals surface area contributed by atoms with Gasteiger partial charge in [0.05, 0.1) is 6.04 Å². The van der Waals surface area contributed by atoms with Crippen LogP contribution < -0.4 is 10.6 Å². The molecule has 0 aromatic carbocycles. The molecular weight excluding hydrogens is 212 g/mol. The van der Waals surface area contributed by atoms with Gasteiger partial charge < -0.3 is 10.6 Å². The lowest BCUT2D eigenvalue weighted by molar-refractivity contribution is -0.124. The van der Waals surface area contributed by atoms with Gasteiger partial charge in [-0.25, -0.2) is 0 Å². The topological polar surface area (TPSA) is 41.1 Å². The maximum Gasteiger partial charge on any atom is 0.237 e. The number of piperidine rings is 1. The minimum atomic E-state index is 0.0441. The fourth-order valence-electron chi connectivity index (χ4n) is 3.25. The Balaban J connectivity index is 1.79. The highest BCUT2D eigenvalue weighted by molar-refractivity contribution is 5.82. The van der Waals surface area contributed by atoms with Crippen LogP contribution in [0.2, 0.25) is 0 Å². The molecule has 1 saturated heterocycles. The molecule has 0 aromatic heterocycles. The molecule has 1 amide bonds. The maximum absolute atomic E-state index is 12.1. The average Bonchev–Trinajstić information content (AvgIpc) is 2.82. The summed E-state index contributed by atoms with van der Waals surface area (Å²) in [5, 5.41) is 6.61. The van der Waals surface area contributed by atoms with Crippen molar-refractivity contribution in [3.05, 3.63) is 0 Å². The van der Waals surface area contributed by atoms with Crippen LogP contribution in [-0.2, 0) is 4.79 Å². The van der Waals surface area contributed by atoms with Crippen LogP contribution in [0.5, 0.6) is 0 Å². The molecule has 1 aliphatic carbocycles. The molecule has 2 aliphatic rings. The number of hydrogen-bond donors (Lipinski definition) is 2. The van der Waals surface area contributed by atoms with E-state index in [1.165, 1.54) is 38.5 Å². The van der Waals surface area contributed by atoms with Crippen molar-refractivity contribution in [1.82, 2.24) is 10.6 Å². The Morgan fingerprint density at radius 3 is 2.53 bits per heavy atom. The molecule has 1 saturated carbocycles. The third kappa shape index (κ3) is 3.44. The lowest BCUT2D eigenvalue weighted by Gasteiger charge is -2.30. The summed E-state index contributed by atoms with van der Waals surface area (Å²) in [7, 11) is 0. The van der Waals surface area contributed by atoms with E-state index in [2.05, 4.69) is 24.5 Å². The summed E-state index contributed by atoms with van der Waals surface area (Å²) >= 11 is 0. The summed E-state index contributed by atoms with van der Waals surface area (Å²) in [4.78, 5) is 12.1. The fraction of sp³-hybridized carbons (Fsp3) is 0.929. The van der Waals surface area contributed by atoms with Crippen molar-refractivity contribution in [3.63, 3.8) is 0 Å². The summed E-state index contributed by atoms with van der Waals surface area (Å²) in [6, 6.07) is 0.882. The van der Waals surface area contributed by atoms with Crippen LogP contribution in [0.25, 0.3) is 0 Å². The van der Waals surface area contributed by atoms with Crippen LogP contribution in [0.1, 0.15) is 58.8 Å². The predicted octanol–water partition coefficient (Wildman–Crippen LogP) is 2.21. The van der Waals surface area contributed by atoms with Crippen molar-refractivity contribution in [2.45, 2.75) is 76.9 Å². The first kappa shape index (κ1) is 12.9. The van der Waals surface area contributed by atoms with E-state index in [0.717, 1.165) is 6.42 Å². The van der Waals surface area contributed by atoms with Crippen molar-refractivity contribution < 1.29 is 4.79 Å². The Labute approximate surface area is 105 Å². The van der Waals surface area contributed by atoms with Gasteiger partial charge in [-0.1, -0.05) is 12.8 Å².